The Bertz CT molecular complexity index is 343. The van der Waals surface area contributed by atoms with E-state index >= 15 is 0 Å². The minimum absolute atomic E-state index is 0. The zero-order valence-corrected chi connectivity index (χ0v) is 11.2. The van der Waals surface area contributed by atoms with Gasteiger partial charge in [0, 0.05) is 25.2 Å². The van der Waals surface area contributed by atoms with Gasteiger partial charge in [-0.2, -0.15) is 0 Å². The SMILES string of the molecule is Cl.OCc1ccccc1OCCN1CCOCC1. The molecule has 0 radical (unpaired) electrons. The van der Waals surface area contributed by atoms with Gasteiger partial charge in [0.25, 0.3) is 0 Å². The number of para-hydroxylation sites is 1. The summed E-state index contributed by atoms with van der Waals surface area (Å²) in [6, 6.07) is 7.60. The van der Waals surface area contributed by atoms with Crippen LogP contribution in [-0.4, -0.2) is 49.5 Å². The third-order valence-corrected chi connectivity index (χ3v) is 2.91. The maximum absolute atomic E-state index is 9.16. The lowest BCUT2D eigenvalue weighted by Gasteiger charge is -2.26. The summed E-state index contributed by atoms with van der Waals surface area (Å²) in [6.07, 6.45) is 0. The summed E-state index contributed by atoms with van der Waals surface area (Å²) in [5.41, 5.74) is 0.842. The van der Waals surface area contributed by atoms with Gasteiger partial charge in [0.2, 0.25) is 0 Å². The second-order valence-electron chi connectivity index (χ2n) is 4.07. The number of morpholine rings is 1. The molecule has 2 rings (SSSR count). The molecule has 1 fully saturated rings. The molecule has 4 nitrogen and oxygen atoms in total. The Labute approximate surface area is 114 Å². The van der Waals surface area contributed by atoms with Crippen LogP contribution < -0.4 is 4.74 Å². The van der Waals surface area contributed by atoms with E-state index in [-0.39, 0.29) is 19.0 Å². The Morgan fingerprint density at radius 3 is 2.67 bits per heavy atom. The maximum atomic E-state index is 9.16. The molecule has 0 saturated carbocycles. The first-order valence-corrected chi connectivity index (χ1v) is 6.02. The van der Waals surface area contributed by atoms with Crippen LogP contribution in [0.25, 0.3) is 0 Å². The van der Waals surface area contributed by atoms with Crippen molar-refractivity contribution in [3.63, 3.8) is 0 Å². The van der Waals surface area contributed by atoms with Crippen molar-refractivity contribution in [1.29, 1.82) is 0 Å². The Kier molecular flexibility index (Phi) is 7.05. The van der Waals surface area contributed by atoms with E-state index in [1.807, 2.05) is 24.3 Å². The molecule has 1 aliphatic rings. The van der Waals surface area contributed by atoms with Crippen molar-refractivity contribution in [2.45, 2.75) is 6.61 Å². The number of benzene rings is 1. The molecule has 0 bridgehead atoms. The van der Waals surface area contributed by atoms with E-state index < -0.39 is 0 Å². The molecule has 1 N–H and O–H groups in total. The largest absolute Gasteiger partial charge is 0.492 e. The Morgan fingerprint density at radius 2 is 1.94 bits per heavy atom. The highest BCUT2D eigenvalue weighted by Gasteiger charge is 2.10. The second kappa shape index (κ2) is 8.32. The molecular formula is C13H20ClNO3. The Morgan fingerprint density at radius 1 is 1.22 bits per heavy atom. The molecule has 0 aromatic heterocycles. The number of aliphatic hydroxyl groups is 1. The summed E-state index contributed by atoms with van der Waals surface area (Å²) < 4.78 is 11.0. The number of rotatable bonds is 5. The number of ether oxygens (including phenoxy) is 2. The quantitative estimate of drug-likeness (QED) is 0.878. The molecule has 1 heterocycles. The van der Waals surface area contributed by atoms with Gasteiger partial charge in [-0.15, -0.1) is 12.4 Å². The first-order chi connectivity index (χ1) is 8.40. The minimum atomic E-state index is 0. The number of hydrogen-bond donors (Lipinski definition) is 1. The van der Waals surface area contributed by atoms with E-state index in [0.29, 0.717) is 6.61 Å². The molecule has 0 amide bonds. The highest BCUT2D eigenvalue weighted by Crippen LogP contribution is 2.17. The average molecular weight is 274 g/mol. The van der Waals surface area contributed by atoms with Crippen molar-refractivity contribution >= 4 is 12.4 Å². The first kappa shape index (κ1) is 15.2. The van der Waals surface area contributed by atoms with Gasteiger partial charge in [0.05, 0.1) is 19.8 Å². The monoisotopic (exact) mass is 273 g/mol. The maximum Gasteiger partial charge on any atom is 0.124 e. The first-order valence-electron chi connectivity index (χ1n) is 6.02. The van der Waals surface area contributed by atoms with E-state index in [1.165, 1.54) is 0 Å². The fourth-order valence-electron chi connectivity index (χ4n) is 1.88. The van der Waals surface area contributed by atoms with Crippen LogP contribution in [0.4, 0.5) is 0 Å². The van der Waals surface area contributed by atoms with E-state index in [1.54, 1.807) is 0 Å². The van der Waals surface area contributed by atoms with Gasteiger partial charge in [-0.25, -0.2) is 0 Å². The van der Waals surface area contributed by atoms with Gasteiger partial charge < -0.3 is 14.6 Å². The molecule has 5 heteroatoms. The Balaban J connectivity index is 0.00000162. The van der Waals surface area contributed by atoms with Crippen LogP contribution in [0.1, 0.15) is 5.56 Å². The molecule has 102 valence electrons. The predicted octanol–water partition coefficient (Wildman–Crippen LogP) is 1.31. The smallest absolute Gasteiger partial charge is 0.124 e. The highest BCUT2D eigenvalue weighted by atomic mass is 35.5. The van der Waals surface area contributed by atoms with Crippen molar-refractivity contribution in [1.82, 2.24) is 4.90 Å². The summed E-state index contributed by atoms with van der Waals surface area (Å²) in [7, 11) is 0. The van der Waals surface area contributed by atoms with Crippen molar-refractivity contribution < 1.29 is 14.6 Å². The molecule has 18 heavy (non-hydrogen) atoms. The fraction of sp³-hybridized carbons (Fsp3) is 0.538. The number of halogens is 1. The van der Waals surface area contributed by atoms with Crippen LogP contribution in [0.2, 0.25) is 0 Å². The highest BCUT2D eigenvalue weighted by molar-refractivity contribution is 5.85. The fourth-order valence-corrected chi connectivity index (χ4v) is 1.88. The molecule has 0 atom stereocenters. The summed E-state index contributed by atoms with van der Waals surface area (Å²) in [5, 5.41) is 9.16. The van der Waals surface area contributed by atoms with Crippen molar-refractivity contribution in [3.05, 3.63) is 29.8 Å². The zero-order valence-electron chi connectivity index (χ0n) is 10.4. The number of nitrogens with zero attached hydrogens (tertiary/aromatic N) is 1. The molecular weight excluding hydrogens is 254 g/mol. The Hall–Kier alpha value is -0.810. The van der Waals surface area contributed by atoms with Crippen molar-refractivity contribution in [2.24, 2.45) is 0 Å². The number of hydrogen-bond acceptors (Lipinski definition) is 4. The van der Waals surface area contributed by atoms with Gasteiger partial charge >= 0.3 is 0 Å². The summed E-state index contributed by atoms with van der Waals surface area (Å²) >= 11 is 0. The molecule has 0 aliphatic carbocycles. The average Bonchev–Trinajstić information content (AvgIpc) is 2.40. The van der Waals surface area contributed by atoms with Crippen LogP contribution in [0.15, 0.2) is 24.3 Å². The molecule has 0 spiro atoms. The molecule has 1 saturated heterocycles. The lowest BCUT2D eigenvalue weighted by molar-refractivity contribution is 0.0321. The second-order valence-corrected chi connectivity index (χ2v) is 4.07. The number of aliphatic hydroxyl groups excluding tert-OH is 1. The standard InChI is InChI=1S/C13H19NO3.ClH/c15-11-12-3-1-2-4-13(12)17-10-7-14-5-8-16-9-6-14;/h1-4,15H,5-11H2;1H. The van der Waals surface area contributed by atoms with E-state index in [2.05, 4.69) is 4.90 Å². The molecule has 1 aromatic carbocycles. The summed E-state index contributed by atoms with van der Waals surface area (Å²) in [4.78, 5) is 2.32. The van der Waals surface area contributed by atoms with Crippen LogP contribution >= 0.6 is 12.4 Å². The van der Waals surface area contributed by atoms with Crippen LogP contribution in [-0.2, 0) is 11.3 Å². The molecule has 1 aromatic rings. The predicted molar refractivity (Wildman–Crippen MR) is 72.4 cm³/mol. The topological polar surface area (TPSA) is 41.9 Å². The third-order valence-electron chi connectivity index (χ3n) is 2.91. The van der Waals surface area contributed by atoms with Gasteiger partial charge in [-0.05, 0) is 6.07 Å². The lowest BCUT2D eigenvalue weighted by Crippen LogP contribution is -2.38. The van der Waals surface area contributed by atoms with Gasteiger partial charge in [-0.3, -0.25) is 4.90 Å². The normalized spacial score (nSPS) is 16.1. The van der Waals surface area contributed by atoms with Crippen molar-refractivity contribution in [2.75, 3.05) is 39.5 Å². The van der Waals surface area contributed by atoms with E-state index in [4.69, 9.17) is 14.6 Å². The van der Waals surface area contributed by atoms with E-state index in [0.717, 1.165) is 44.2 Å². The summed E-state index contributed by atoms with van der Waals surface area (Å²) in [5.74, 6) is 0.781. The van der Waals surface area contributed by atoms with Gasteiger partial charge in [-0.1, -0.05) is 18.2 Å². The van der Waals surface area contributed by atoms with Gasteiger partial charge in [0.15, 0.2) is 0 Å². The minimum Gasteiger partial charge on any atom is -0.492 e. The van der Waals surface area contributed by atoms with Crippen molar-refractivity contribution in [3.8, 4) is 5.75 Å². The molecule has 0 unspecified atom stereocenters. The molecule has 1 aliphatic heterocycles. The van der Waals surface area contributed by atoms with Crippen LogP contribution in [0.5, 0.6) is 5.75 Å². The van der Waals surface area contributed by atoms with Gasteiger partial charge in [0.1, 0.15) is 12.4 Å². The summed E-state index contributed by atoms with van der Waals surface area (Å²) in [6.45, 7) is 5.16. The zero-order chi connectivity index (χ0) is 11.9. The third kappa shape index (κ3) is 4.46. The van der Waals surface area contributed by atoms with E-state index in [9.17, 15) is 0 Å². The van der Waals surface area contributed by atoms with Crippen LogP contribution in [0.3, 0.4) is 0 Å². The van der Waals surface area contributed by atoms with Crippen LogP contribution in [0, 0.1) is 0 Å². The lowest BCUT2D eigenvalue weighted by atomic mass is 10.2.